The lowest BCUT2D eigenvalue weighted by Crippen LogP contribution is -2.47. The predicted octanol–water partition coefficient (Wildman–Crippen LogP) is 0.154. The maximum absolute atomic E-state index is 12.6. The molecule has 1 aliphatic rings. The molecule has 1 fully saturated rings. The molecule has 0 aliphatic heterocycles. The Kier molecular flexibility index (Phi) is 4.99. The highest BCUT2D eigenvalue weighted by molar-refractivity contribution is 5.93. The molecule has 2 aromatic heterocycles. The molecule has 3 rings (SSSR count). The maximum Gasteiger partial charge on any atom is 0.271 e. The Labute approximate surface area is 157 Å². The minimum Gasteiger partial charge on any atom is -0.350 e. The topological polar surface area (TPSA) is 120 Å². The monoisotopic (exact) mass is 374 g/mol. The third-order valence-electron chi connectivity index (χ3n) is 5.57. The lowest BCUT2D eigenvalue weighted by molar-refractivity contribution is 0.0885. The van der Waals surface area contributed by atoms with E-state index in [0.717, 1.165) is 6.42 Å². The van der Waals surface area contributed by atoms with Crippen molar-refractivity contribution in [1.29, 1.82) is 0 Å². The van der Waals surface area contributed by atoms with Crippen LogP contribution in [0.3, 0.4) is 0 Å². The summed E-state index contributed by atoms with van der Waals surface area (Å²) in [5.74, 6) is -0.0591. The SMILES string of the molecule is CC1CC(C)(C)C(CNC(=O)c2cnnn2C)C1NC(=O)c1cnnn1C. The molecule has 146 valence electrons. The molecule has 0 radical (unpaired) electrons. The van der Waals surface area contributed by atoms with E-state index in [0.29, 0.717) is 17.9 Å². The molecule has 27 heavy (non-hydrogen) atoms. The van der Waals surface area contributed by atoms with Crippen LogP contribution in [0, 0.1) is 17.3 Å². The molecule has 0 bridgehead atoms. The molecular formula is C17H26N8O2. The third-order valence-corrected chi connectivity index (χ3v) is 5.57. The fraction of sp³-hybridized carbons (Fsp3) is 0.647. The summed E-state index contributed by atoms with van der Waals surface area (Å²) in [5.41, 5.74) is 0.788. The van der Waals surface area contributed by atoms with Crippen LogP contribution in [0.5, 0.6) is 0 Å². The lowest BCUT2D eigenvalue weighted by Gasteiger charge is -2.31. The number of aromatic nitrogens is 6. The van der Waals surface area contributed by atoms with Gasteiger partial charge in [0, 0.05) is 32.6 Å². The highest BCUT2D eigenvalue weighted by atomic mass is 16.2. The largest absolute Gasteiger partial charge is 0.350 e. The lowest BCUT2D eigenvalue weighted by atomic mass is 9.80. The van der Waals surface area contributed by atoms with Crippen molar-refractivity contribution in [3.8, 4) is 0 Å². The Hall–Kier alpha value is -2.78. The van der Waals surface area contributed by atoms with Gasteiger partial charge in [-0.25, -0.2) is 9.36 Å². The van der Waals surface area contributed by atoms with Crippen LogP contribution < -0.4 is 10.6 Å². The number of hydrogen-bond acceptors (Lipinski definition) is 6. The van der Waals surface area contributed by atoms with Gasteiger partial charge in [0.2, 0.25) is 0 Å². The summed E-state index contributed by atoms with van der Waals surface area (Å²) in [4.78, 5) is 25.1. The number of nitrogens with zero attached hydrogens (tertiary/aromatic N) is 6. The Morgan fingerprint density at radius 3 is 2.19 bits per heavy atom. The summed E-state index contributed by atoms with van der Waals surface area (Å²) in [5, 5.41) is 21.2. The quantitative estimate of drug-likeness (QED) is 0.769. The van der Waals surface area contributed by atoms with Crippen LogP contribution in [-0.2, 0) is 14.1 Å². The fourth-order valence-corrected chi connectivity index (χ4v) is 4.15. The zero-order valence-electron chi connectivity index (χ0n) is 16.3. The van der Waals surface area contributed by atoms with Gasteiger partial charge in [0.05, 0.1) is 12.4 Å². The van der Waals surface area contributed by atoms with Gasteiger partial charge < -0.3 is 10.6 Å². The number of aryl methyl sites for hydroxylation is 2. The molecular weight excluding hydrogens is 348 g/mol. The molecule has 2 aromatic rings. The Bertz CT molecular complexity index is 840. The second-order valence-corrected chi connectivity index (χ2v) is 7.97. The molecule has 0 aromatic carbocycles. The van der Waals surface area contributed by atoms with E-state index < -0.39 is 0 Å². The second kappa shape index (κ2) is 7.09. The van der Waals surface area contributed by atoms with Gasteiger partial charge in [0.1, 0.15) is 11.4 Å². The van der Waals surface area contributed by atoms with Crippen molar-refractivity contribution in [2.24, 2.45) is 31.3 Å². The Morgan fingerprint density at radius 2 is 1.67 bits per heavy atom. The second-order valence-electron chi connectivity index (χ2n) is 7.97. The molecule has 3 unspecified atom stereocenters. The van der Waals surface area contributed by atoms with Crippen LogP contribution in [0.15, 0.2) is 12.4 Å². The van der Waals surface area contributed by atoms with E-state index in [1.54, 1.807) is 14.1 Å². The highest BCUT2D eigenvalue weighted by Gasteiger charge is 2.47. The summed E-state index contributed by atoms with van der Waals surface area (Å²) in [6.45, 7) is 6.92. The first-order valence-electron chi connectivity index (χ1n) is 8.99. The van der Waals surface area contributed by atoms with Crippen molar-refractivity contribution in [2.45, 2.75) is 33.2 Å². The first-order chi connectivity index (χ1) is 12.7. The summed E-state index contributed by atoms with van der Waals surface area (Å²) in [6, 6.07) is -0.0626. The average Bonchev–Trinajstić information content (AvgIpc) is 3.25. The fourth-order valence-electron chi connectivity index (χ4n) is 4.15. The molecule has 0 saturated heterocycles. The molecule has 2 N–H and O–H groups in total. The van der Waals surface area contributed by atoms with Gasteiger partial charge >= 0.3 is 0 Å². The van der Waals surface area contributed by atoms with E-state index in [9.17, 15) is 9.59 Å². The summed E-state index contributed by atoms with van der Waals surface area (Å²) in [6.07, 6.45) is 3.84. The van der Waals surface area contributed by atoms with Crippen molar-refractivity contribution >= 4 is 11.8 Å². The van der Waals surface area contributed by atoms with Gasteiger partial charge in [-0.05, 0) is 17.8 Å². The number of amides is 2. The van der Waals surface area contributed by atoms with Crippen molar-refractivity contribution in [3.05, 3.63) is 23.8 Å². The first-order valence-corrected chi connectivity index (χ1v) is 8.99. The van der Waals surface area contributed by atoms with Crippen molar-refractivity contribution < 1.29 is 9.59 Å². The van der Waals surface area contributed by atoms with Crippen molar-refractivity contribution in [3.63, 3.8) is 0 Å². The molecule has 2 heterocycles. The van der Waals surface area contributed by atoms with E-state index in [-0.39, 0.29) is 35.1 Å². The number of nitrogens with one attached hydrogen (secondary N) is 2. The number of hydrogen-bond donors (Lipinski definition) is 2. The Morgan fingerprint density at radius 1 is 1.11 bits per heavy atom. The molecule has 10 nitrogen and oxygen atoms in total. The van der Waals surface area contributed by atoms with E-state index in [4.69, 9.17) is 0 Å². The average molecular weight is 374 g/mol. The first kappa shape index (κ1) is 19.0. The zero-order valence-corrected chi connectivity index (χ0v) is 16.3. The summed E-state index contributed by atoms with van der Waals surface area (Å²) >= 11 is 0. The van der Waals surface area contributed by atoms with E-state index in [1.807, 2.05) is 0 Å². The van der Waals surface area contributed by atoms with Gasteiger partial charge in [0.15, 0.2) is 0 Å². The highest BCUT2D eigenvalue weighted by Crippen LogP contribution is 2.45. The molecule has 10 heteroatoms. The Balaban J connectivity index is 1.72. The van der Waals surface area contributed by atoms with E-state index >= 15 is 0 Å². The van der Waals surface area contributed by atoms with Gasteiger partial charge in [0.25, 0.3) is 11.8 Å². The molecule has 0 spiro atoms. The summed E-state index contributed by atoms with van der Waals surface area (Å²) in [7, 11) is 3.36. The minimum atomic E-state index is -0.223. The number of rotatable bonds is 5. The van der Waals surface area contributed by atoms with Crippen LogP contribution in [0.4, 0.5) is 0 Å². The minimum absolute atomic E-state index is 0.0277. The smallest absolute Gasteiger partial charge is 0.271 e. The van der Waals surface area contributed by atoms with Crippen LogP contribution in [-0.4, -0.2) is 54.4 Å². The van der Waals surface area contributed by atoms with Crippen LogP contribution in [0.2, 0.25) is 0 Å². The third kappa shape index (κ3) is 3.69. The van der Waals surface area contributed by atoms with Gasteiger partial charge in [-0.3, -0.25) is 9.59 Å². The summed E-state index contributed by atoms with van der Waals surface area (Å²) < 4.78 is 2.89. The van der Waals surface area contributed by atoms with Crippen LogP contribution in [0.25, 0.3) is 0 Å². The van der Waals surface area contributed by atoms with Crippen molar-refractivity contribution in [2.75, 3.05) is 6.54 Å². The van der Waals surface area contributed by atoms with E-state index in [1.165, 1.54) is 21.8 Å². The van der Waals surface area contributed by atoms with E-state index in [2.05, 4.69) is 52.0 Å². The van der Waals surface area contributed by atoms with Gasteiger partial charge in [-0.2, -0.15) is 0 Å². The molecule has 1 saturated carbocycles. The standard InChI is InChI=1S/C17H26N8O2/c1-10-6-17(2,3)11(7-18-15(26)12-8-19-22-24(12)4)14(10)21-16(27)13-9-20-23-25(13)5/h8-11,14H,6-7H2,1-5H3,(H,18,26)(H,21,27). The van der Waals surface area contributed by atoms with Crippen molar-refractivity contribution in [1.82, 2.24) is 40.6 Å². The number of carbonyl (C=O) groups is 2. The molecule has 2 amide bonds. The van der Waals surface area contributed by atoms with Crippen LogP contribution in [0.1, 0.15) is 48.2 Å². The van der Waals surface area contributed by atoms with Crippen LogP contribution >= 0.6 is 0 Å². The normalized spacial score (nSPS) is 24.0. The number of carbonyl (C=O) groups excluding carboxylic acids is 2. The zero-order chi connectivity index (χ0) is 19.8. The predicted molar refractivity (Wildman–Crippen MR) is 96.6 cm³/mol. The molecule has 1 aliphatic carbocycles. The maximum atomic E-state index is 12.6. The molecule has 3 atom stereocenters. The van der Waals surface area contributed by atoms with Gasteiger partial charge in [-0.15, -0.1) is 10.2 Å². The van der Waals surface area contributed by atoms with Gasteiger partial charge in [-0.1, -0.05) is 31.2 Å².